The Bertz CT molecular complexity index is 986. The van der Waals surface area contributed by atoms with Crippen molar-refractivity contribution in [3.8, 4) is 0 Å². The SMILES string of the molecule is CN(C(=O)Cn1c(=O)oc2ccccc21)[C@@H]1CCCc2ccccc21. The van der Waals surface area contributed by atoms with E-state index in [-0.39, 0.29) is 18.5 Å². The molecule has 1 aliphatic rings. The van der Waals surface area contributed by atoms with Crippen molar-refractivity contribution in [1.29, 1.82) is 0 Å². The molecule has 1 aromatic heterocycles. The van der Waals surface area contributed by atoms with Crippen LogP contribution in [0.15, 0.2) is 57.7 Å². The summed E-state index contributed by atoms with van der Waals surface area (Å²) in [5, 5.41) is 0. The van der Waals surface area contributed by atoms with E-state index in [9.17, 15) is 9.59 Å². The van der Waals surface area contributed by atoms with Crippen molar-refractivity contribution in [2.45, 2.75) is 31.8 Å². The lowest BCUT2D eigenvalue weighted by Gasteiger charge is -2.33. The van der Waals surface area contributed by atoms with E-state index >= 15 is 0 Å². The number of para-hydroxylation sites is 2. The number of rotatable bonds is 3. The molecule has 1 atom stereocenters. The molecule has 0 saturated carbocycles. The van der Waals surface area contributed by atoms with Crippen LogP contribution in [0, 0.1) is 0 Å². The number of likely N-dealkylation sites (N-methyl/N-ethyl adjacent to an activating group) is 1. The fourth-order valence-corrected chi connectivity index (χ4v) is 3.71. The Morgan fingerprint density at radius 3 is 2.84 bits per heavy atom. The lowest BCUT2D eigenvalue weighted by molar-refractivity contribution is -0.133. The number of hydrogen-bond donors (Lipinski definition) is 0. The summed E-state index contributed by atoms with van der Waals surface area (Å²) in [5.41, 5.74) is 3.68. The number of amides is 1. The van der Waals surface area contributed by atoms with Crippen LogP contribution < -0.4 is 5.76 Å². The van der Waals surface area contributed by atoms with E-state index in [1.54, 1.807) is 17.0 Å². The topological polar surface area (TPSA) is 55.5 Å². The second-order valence-electron chi connectivity index (χ2n) is 6.53. The van der Waals surface area contributed by atoms with Crippen LogP contribution in [-0.2, 0) is 17.8 Å². The molecule has 0 radical (unpaired) electrons. The predicted molar refractivity (Wildman–Crippen MR) is 95.4 cm³/mol. The molecule has 1 amide bonds. The molecule has 5 nitrogen and oxygen atoms in total. The Hall–Kier alpha value is -2.82. The molecule has 2 aromatic carbocycles. The van der Waals surface area contributed by atoms with Crippen molar-refractivity contribution in [3.05, 3.63) is 70.2 Å². The Kier molecular flexibility index (Phi) is 3.92. The molecule has 5 heteroatoms. The van der Waals surface area contributed by atoms with Crippen molar-refractivity contribution >= 4 is 17.0 Å². The van der Waals surface area contributed by atoms with E-state index in [1.807, 2.05) is 31.3 Å². The first kappa shape index (κ1) is 15.7. The van der Waals surface area contributed by atoms with Crippen LogP contribution in [0.5, 0.6) is 0 Å². The summed E-state index contributed by atoms with van der Waals surface area (Å²) in [7, 11) is 1.82. The normalized spacial score (nSPS) is 16.6. The summed E-state index contributed by atoms with van der Waals surface area (Å²) < 4.78 is 6.62. The third kappa shape index (κ3) is 2.76. The van der Waals surface area contributed by atoms with Crippen LogP contribution in [0.25, 0.3) is 11.1 Å². The van der Waals surface area contributed by atoms with Gasteiger partial charge in [0, 0.05) is 7.05 Å². The van der Waals surface area contributed by atoms with Gasteiger partial charge in [0.2, 0.25) is 5.91 Å². The first-order chi connectivity index (χ1) is 12.1. The molecule has 128 valence electrons. The average Bonchev–Trinajstić information content (AvgIpc) is 2.96. The second-order valence-corrected chi connectivity index (χ2v) is 6.53. The number of hydrogen-bond acceptors (Lipinski definition) is 3. The molecule has 0 aliphatic heterocycles. The molecule has 3 aromatic rings. The first-order valence-corrected chi connectivity index (χ1v) is 8.57. The number of carbonyl (C=O) groups is 1. The number of carbonyl (C=O) groups excluding carboxylic acids is 1. The molecule has 0 bridgehead atoms. The number of oxazole rings is 1. The van der Waals surface area contributed by atoms with Crippen LogP contribution in [0.1, 0.15) is 30.0 Å². The number of aryl methyl sites for hydroxylation is 1. The summed E-state index contributed by atoms with van der Waals surface area (Å²) in [6.45, 7) is -0.00892. The number of benzene rings is 2. The molecule has 1 heterocycles. The van der Waals surface area contributed by atoms with Gasteiger partial charge in [0.05, 0.1) is 11.6 Å². The zero-order chi connectivity index (χ0) is 17.4. The third-order valence-electron chi connectivity index (χ3n) is 5.07. The molecule has 1 aliphatic carbocycles. The van der Waals surface area contributed by atoms with Crippen LogP contribution in [0.4, 0.5) is 0 Å². The van der Waals surface area contributed by atoms with E-state index in [2.05, 4.69) is 12.1 Å². The van der Waals surface area contributed by atoms with Gasteiger partial charge in [0.25, 0.3) is 0 Å². The Balaban J connectivity index is 1.61. The maximum atomic E-state index is 12.8. The monoisotopic (exact) mass is 336 g/mol. The van der Waals surface area contributed by atoms with Crippen LogP contribution in [0.2, 0.25) is 0 Å². The molecule has 25 heavy (non-hydrogen) atoms. The molecular weight excluding hydrogens is 316 g/mol. The highest BCUT2D eigenvalue weighted by molar-refractivity contribution is 5.79. The summed E-state index contributed by atoms with van der Waals surface area (Å²) in [4.78, 5) is 26.7. The Morgan fingerprint density at radius 2 is 1.96 bits per heavy atom. The Labute approximate surface area is 145 Å². The largest absolute Gasteiger partial charge is 0.420 e. The highest BCUT2D eigenvalue weighted by Crippen LogP contribution is 2.33. The first-order valence-electron chi connectivity index (χ1n) is 8.57. The highest BCUT2D eigenvalue weighted by Gasteiger charge is 2.27. The molecular formula is C20H20N2O3. The summed E-state index contributed by atoms with van der Waals surface area (Å²) in [6.07, 6.45) is 3.06. The van der Waals surface area contributed by atoms with E-state index in [0.717, 1.165) is 19.3 Å². The zero-order valence-corrected chi connectivity index (χ0v) is 14.1. The van der Waals surface area contributed by atoms with Gasteiger partial charge >= 0.3 is 5.76 Å². The minimum atomic E-state index is -0.494. The molecule has 0 spiro atoms. The Morgan fingerprint density at radius 1 is 1.20 bits per heavy atom. The third-order valence-corrected chi connectivity index (χ3v) is 5.07. The van der Waals surface area contributed by atoms with Gasteiger partial charge in [-0.05, 0) is 42.5 Å². The number of fused-ring (bicyclic) bond motifs is 2. The molecule has 4 rings (SSSR count). The summed E-state index contributed by atoms with van der Waals surface area (Å²) in [6, 6.07) is 15.5. The summed E-state index contributed by atoms with van der Waals surface area (Å²) >= 11 is 0. The van der Waals surface area contributed by atoms with Gasteiger partial charge in [-0.15, -0.1) is 0 Å². The van der Waals surface area contributed by atoms with Crippen molar-refractivity contribution in [2.24, 2.45) is 0 Å². The molecule has 0 saturated heterocycles. The number of aromatic nitrogens is 1. The van der Waals surface area contributed by atoms with E-state index in [1.165, 1.54) is 15.7 Å². The van der Waals surface area contributed by atoms with Gasteiger partial charge < -0.3 is 9.32 Å². The molecule has 0 N–H and O–H groups in total. The van der Waals surface area contributed by atoms with Gasteiger partial charge in [-0.2, -0.15) is 0 Å². The van der Waals surface area contributed by atoms with Crippen molar-refractivity contribution in [3.63, 3.8) is 0 Å². The lowest BCUT2D eigenvalue weighted by Crippen LogP contribution is -2.37. The van der Waals surface area contributed by atoms with E-state index < -0.39 is 5.76 Å². The van der Waals surface area contributed by atoms with Gasteiger partial charge in [-0.3, -0.25) is 9.36 Å². The van der Waals surface area contributed by atoms with Crippen molar-refractivity contribution in [2.75, 3.05) is 7.05 Å². The highest BCUT2D eigenvalue weighted by atomic mass is 16.4. The van der Waals surface area contributed by atoms with Gasteiger partial charge in [0.15, 0.2) is 5.58 Å². The molecule has 0 unspecified atom stereocenters. The van der Waals surface area contributed by atoms with E-state index in [4.69, 9.17) is 4.42 Å². The van der Waals surface area contributed by atoms with Gasteiger partial charge in [-0.1, -0.05) is 36.4 Å². The van der Waals surface area contributed by atoms with Crippen molar-refractivity contribution in [1.82, 2.24) is 9.47 Å². The number of nitrogens with zero attached hydrogens (tertiary/aromatic N) is 2. The van der Waals surface area contributed by atoms with Crippen LogP contribution in [-0.4, -0.2) is 22.4 Å². The standard InChI is InChI=1S/C20H20N2O3/c1-21(16-11-6-8-14-7-2-3-9-15(14)16)19(23)13-22-17-10-4-5-12-18(17)25-20(22)24/h2-5,7,9-10,12,16H,6,8,11,13H2,1H3/t16-/m1/s1. The fraction of sp³-hybridized carbons (Fsp3) is 0.300. The zero-order valence-electron chi connectivity index (χ0n) is 14.1. The van der Waals surface area contributed by atoms with Crippen LogP contribution >= 0.6 is 0 Å². The van der Waals surface area contributed by atoms with Gasteiger partial charge in [-0.25, -0.2) is 4.79 Å². The van der Waals surface area contributed by atoms with E-state index in [0.29, 0.717) is 11.1 Å². The summed E-state index contributed by atoms with van der Waals surface area (Å²) in [5.74, 6) is -0.581. The fourth-order valence-electron chi connectivity index (χ4n) is 3.71. The van der Waals surface area contributed by atoms with Crippen molar-refractivity contribution < 1.29 is 9.21 Å². The maximum Gasteiger partial charge on any atom is 0.420 e. The average molecular weight is 336 g/mol. The van der Waals surface area contributed by atoms with Crippen LogP contribution in [0.3, 0.4) is 0 Å². The maximum absolute atomic E-state index is 12.8. The minimum absolute atomic E-state index is 0.00892. The second kappa shape index (κ2) is 6.24. The predicted octanol–water partition coefficient (Wildman–Crippen LogP) is 3.13. The van der Waals surface area contributed by atoms with Gasteiger partial charge in [0.1, 0.15) is 6.54 Å². The smallest absolute Gasteiger partial charge is 0.408 e. The quantitative estimate of drug-likeness (QED) is 0.738. The molecule has 0 fully saturated rings. The minimum Gasteiger partial charge on any atom is -0.408 e. The lowest BCUT2D eigenvalue weighted by atomic mass is 9.87.